The number of anilines is 1. The average molecular weight is 1200 g/mol. The first kappa shape index (κ1) is 63.8. The lowest BCUT2D eigenvalue weighted by atomic mass is 9.43. The number of fused-ring (bicyclic) bond motifs is 6. The maximum absolute atomic E-state index is 13.0. The van der Waals surface area contributed by atoms with E-state index in [0.29, 0.717) is 24.8 Å². The van der Waals surface area contributed by atoms with E-state index in [-0.39, 0.29) is 99.8 Å². The number of phosphoric acid groups is 3. The normalized spacial score (nSPS) is 34.4. The van der Waals surface area contributed by atoms with Crippen molar-refractivity contribution in [1.29, 1.82) is 0 Å². The third-order valence-corrected chi connectivity index (χ3v) is 21.7. The van der Waals surface area contributed by atoms with Gasteiger partial charge in [0.1, 0.15) is 36.3 Å². The number of allylic oxidation sites excluding steroid dienone is 1. The van der Waals surface area contributed by atoms with E-state index in [1.807, 2.05) is 6.08 Å². The summed E-state index contributed by atoms with van der Waals surface area (Å²) < 4.78 is 62.8. The molecule has 0 spiro atoms. The van der Waals surface area contributed by atoms with Crippen molar-refractivity contribution in [1.82, 2.24) is 30.2 Å². The first-order chi connectivity index (χ1) is 36.8. The predicted octanol–water partition coefficient (Wildman–Crippen LogP) is 2.99. The van der Waals surface area contributed by atoms with Gasteiger partial charge in [0.25, 0.3) is 0 Å². The number of phosphoric ester groups is 3. The van der Waals surface area contributed by atoms with E-state index >= 15 is 0 Å². The van der Waals surface area contributed by atoms with Crippen LogP contribution in [0.2, 0.25) is 0 Å². The van der Waals surface area contributed by atoms with Crippen LogP contribution in [0.15, 0.2) is 24.3 Å². The molecular formula is C48H78N7O20P3S. The minimum atomic E-state index is -5.61. The molecule has 18 atom stereocenters. The average Bonchev–Trinajstić information content (AvgIpc) is 3.87. The number of thioether (sulfide) groups is 1. The van der Waals surface area contributed by atoms with Crippen LogP contribution in [-0.4, -0.2) is 156 Å². The van der Waals surface area contributed by atoms with Crippen LogP contribution >= 0.6 is 35.2 Å². The van der Waals surface area contributed by atoms with Gasteiger partial charge in [0.05, 0.1) is 37.9 Å². The third-order valence-electron chi connectivity index (χ3n) is 17.7. The Hall–Kier alpha value is -2.82. The second-order valence-electron chi connectivity index (χ2n) is 23.2. The van der Waals surface area contributed by atoms with Crippen LogP contribution in [-0.2, 0) is 50.7 Å². The van der Waals surface area contributed by atoms with Crippen molar-refractivity contribution in [2.24, 2.45) is 51.8 Å². The first-order valence-electron chi connectivity index (χ1n) is 26.6. The SMILES string of the molecule is CC(=CCC[C@@H](C)[C@H]1CC[C@H]2[C@@H]3[C@H](O)C[C@@H]4C[C@H](O)CC[C@]4(C)[C@H]3C[C@H](O)[C@]12C)C(=O)SCCNC(=O)CCNC(=O)[C@H](O)C(C)(C)COP(=O)(O)OP(=O)(O)OC[C@H]1O[C@@H](n2cnc3c(N)ncnc32)[C@H](O)[C@@H]1OP(=O)(O)O. The summed E-state index contributed by atoms with van der Waals surface area (Å²) >= 11 is 1.06. The standard InChI is InChI=1S/C48H78N7O20P3S/c1-25(29-10-11-30-36-31(20-34(58)48(29,30)6)47(5)14-12-28(56)18-27(47)19-32(36)57)8-7-9-26(2)45(63)79-17-16-50-35(59)13-15-51-43(62)40(61)46(3,4)22-72-78(69,70)75-77(67,68)71-21-33-39(74-76(64,65)66)38(60)44(73-33)55-24-54-37-41(49)52-23-53-42(37)55/h9,23-25,27-34,36,38-40,44,56-58,60-61H,7-8,10-22H2,1-6H3,(H,50,59)(H,51,62)(H,67,68)(H,69,70)(H2,49,52,53)(H2,64,65,66)/t25-,27+,28-,29-,30+,31+,32-,33-,34+,36+,38-,39-,40+,44-,47+,48-/m1/s1. The van der Waals surface area contributed by atoms with E-state index in [1.54, 1.807) is 6.92 Å². The Balaban J connectivity index is 0.781. The van der Waals surface area contributed by atoms with E-state index in [4.69, 9.17) is 19.5 Å². The van der Waals surface area contributed by atoms with Gasteiger partial charge in [0.15, 0.2) is 17.7 Å². The lowest BCUT2D eigenvalue weighted by Gasteiger charge is -2.63. The number of nitrogens with zero attached hydrogens (tertiary/aromatic N) is 4. The van der Waals surface area contributed by atoms with Crippen molar-refractivity contribution in [2.45, 2.75) is 155 Å². The summed E-state index contributed by atoms with van der Waals surface area (Å²) in [5.74, 6) is 0.199. The molecule has 7 rings (SSSR count). The number of aliphatic hydroxyl groups is 5. The minimum Gasteiger partial charge on any atom is -0.393 e. The number of carbonyl (C=O) groups is 3. The number of nitrogen functional groups attached to an aromatic ring is 1. The molecule has 2 aromatic rings. The summed E-state index contributed by atoms with van der Waals surface area (Å²) in [5.41, 5.74) is 4.54. The van der Waals surface area contributed by atoms with E-state index < -0.39 is 96.8 Å². The fourth-order valence-corrected chi connectivity index (χ4v) is 16.9. The fraction of sp³-hybridized carbons (Fsp3) is 0.792. The monoisotopic (exact) mass is 1200 g/mol. The number of ether oxygens (including phenoxy) is 1. The third kappa shape index (κ3) is 14.6. The van der Waals surface area contributed by atoms with Gasteiger partial charge < -0.3 is 66.2 Å². The van der Waals surface area contributed by atoms with E-state index in [0.717, 1.165) is 67.5 Å². The van der Waals surface area contributed by atoms with Crippen molar-refractivity contribution >= 4 is 69.1 Å². The number of nitrogens with one attached hydrogen (secondary N) is 2. The van der Waals surface area contributed by atoms with Gasteiger partial charge in [-0.25, -0.2) is 28.6 Å². The summed E-state index contributed by atoms with van der Waals surface area (Å²) in [4.78, 5) is 89.8. The van der Waals surface area contributed by atoms with Crippen molar-refractivity contribution in [3.05, 3.63) is 24.3 Å². The summed E-state index contributed by atoms with van der Waals surface area (Å²) in [6.45, 7) is 8.93. The maximum atomic E-state index is 13.0. The van der Waals surface area contributed by atoms with Crippen LogP contribution in [0.3, 0.4) is 0 Å². The number of amides is 2. The van der Waals surface area contributed by atoms with Crippen molar-refractivity contribution in [3.63, 3.8) is 0 Å². The van der Waals surface area contributed by atoms with Crippen LogP contribution in [0.1, 0.15) is 112 Å². The predicted molar refractivity (Wildman–Crippen MR) is 283 cm³/mol. The van der Waals surface area contributed by atoms with E-state index in [2.05, 4.69) is 55.2 Å². The van der Waals surface area contributed by atoms with Gasteiger partial charge in [0.2, 0.25) is 16.9 Å². The molecule has 2 unspecified atom stereocenters. The smallest absolute Gasteiger partial charge is 0.393 e. The molecule has 5 fully saturated rings. The van der Waals surface area contributed by atoms with Gasteiger partial charge in [-0.15, -0.1) is 0 Å². The highest BCUT2D eigenvalue weighted by molar-refractivity contribution is 8.14. The Kier molecular flexibility index (Phi) is 20.3. The first-order valence-corrected chi connectivity index (χ1v) is 32.1. The lowest BCUT2D eigenvalue weighted by Crippen LogP contribution is -2.62. The molecule has 1 saturated heterocycles. The molecular weight excluding hydrogens is 1120 g/mol. The van der Waals surface area contributed by atoms with Gasteiger partial charge in [0, 0.05) is 30.7 Å². The van der Waals surface area contributed by atoms with Gasteiger partial charge in [-0.05, 0) is 117 Å². The lowest BCUT2D eigenvalue weighted by molar-refractivity contribution is -0.207. The summed E-state index contributed by atoms with van der Waals surface area (Å²) in [6.07, 6.45) is 0.951. The Labute approximate surface area is 462 Å². The Morgan fingerprint density at radius 3 is 2.39 bits per heavy atom. The molecule has 0 aromatic carbocycles. The summed E-state index contributed by atoms with van der Waals surface area (Å²) in [5, 5.41) is 60.6. The van der Waals surface area contributed by atoms with Gasteiger partial charge in [-0.3, -0.25) is 32.5 Å². The van der Waals surface area contributed by atoms with Crippen molar-refractivity contribution in [2.75, 3.05) is 37.8 Å². The number of nitrogens with two attached hydrogens (primary N) is 1. The molecule has 31 heteroatoms. The number of hydrogen-bond donors (Lipinski definition) is 12. The molecule has 4 saturated carbocycles. The highest BCUT2D eigenvalue weighted by Gasteiger charge is 2.66. The van der Waals surface area contributed by atoms with Gasteiger partial charge in [-0.1, -0.05) is 52.5 Å². The molecule has 5 aliphatic rings. The second kappa shape index (κ2) is 25.2. The zero-order valence-corrected chi connectivity index (χ0v) is 48.6. The second-order valence-corrected chi connectivity index (χ2v) is 28.5. The Bertz CT molecular complexity index is 2700. The van der Waals surface area contributed by atoms with Crippen LogP contribution in [0.4, 0.5) is 5.82 Å². The highest BCUT2D eigenvalue weighted by atomic mass is 32.2. The quantitative estimate of drug-likeness (QED) is 0.0408. The molecule has 4 aliphatic carbocycles. The molecule has 0 radical (unpaired) electrons. The van der Waals surface area contributed by atoms with Gasteiger partial charge in [-0.2, -0.15) is 4.31 Å². The zero-order chi connectivity index (χ0) is 58.2. The van der Waals surface area contributed by atoms with Crippen molar-refractivity contribution < 1.29 is 95.8 Å². The number of rotatable bonds is 24. The number of hydrogen-bond acceptors (Lipinski definition) is 21. The van der Waals surface area contributed by atoms with Crippen LogP contribution in [0.25, 0.3) is 11.2 Å². The molecule has 3 heterocycles. The zero-order valence-electron chi connectivity index (χ0n) is 45.1. The van der Waals surface area contributed by atoms with Crippen LogP contribution in [0, 0.1) is 51.8 Å². The van der Waals surface area contributed by atoms with Crippen LogP contribution < -0.4 is 16.4 Å². The number of aromatic nitrogens is 4. The van der Waals surface area contributed by atoms with Crippen LogP contribution in [0.5, 0.6) is 0 Å². The summed E-state index contributed by atoms with van der Waals surface area (Å²) in [6, 6.07) is 0. The van der Waals surface area contributed by atoms with E-state index in [1.165, 1.54) is 13.8 Å². The Morgan fingerprint density at radius 1 is 0.975 bits per heavy atom. The maximum Gasteiger partial charge on any atom is 0.481 e. The van der Waals surface area contributed by atoms with Crippen molar-refractivity contribution in [3.8, 4) is 0 Å². The van der Waals surface area contributed by atoms with Gasteiger partial charge >= 0.3 is 23.5 Å². The molecule has 27 nitrogen and oxygen atoms in total. The Morgan fingerprint density at radius 2 is 1.68 bits per heavy atom. The molecule has 13 N–H and O–H groups in total. The molecule has 1 aliphatic heterocycles. The molecule has 79 heavy (non-hydrogen) atoms. The highest BCUT2D eigenvalue weighted by Crippen LogP contribution is 2.68. The molecule has 446 valence electrons. The summed E-state index contributed by atoms with van der Waals surface area (Å²) in [7, 11) is -16.5. The minimum absolute atomic E-state index is 0.00939. The number of carbonyl (C=O) groups excluding carboxylic acids is 3. The molecule has 2 aromatic heterocycles. The number of imidazole rings is 1. The largest absolute Gasteiger partial charge is 0.481 e. The topological polar surface area (TPSA) is 424 Å². The fourth-order valence-electron chi connectivity index (χ4n) is 13.4. The number of aliphatic hydroxyl groups excluding tert-OH is 5. The molecule has 0 bridgehead atoms. The molecule has 2 amide bonds. The van der Waals surface area contributed by atoms with E-state index in [9.17, 15) is 73.2 Å².